The summed E-state index contributed by atoms with van der Waals surface area (Å²) in [5, 5.41) is 5.80. The Bertz CT molecular complexity index is 1320. The topological polar surface area (TPSA) is 85.0 Å². The molecule has 9 heteroatoms. The summed E-state index contributed by atoms with van der Waals surface area (Å²) in [4.78, 5) is 43.6. The van der Waals surface area contributed by atoms with E-state index in [1.165, 1.54) is 29.2 Å². The third-order valence-corrected chi connectivity index (χ3v) is 6.62. The van der Waals surface area contributed by atoms with Gasteiger partial charge in [-0.3, -0.25) is 9.59 Å². The number of hydrogen-bond acceptors (Lipinski definition) is 4. The van der Waals surface area contributed by atoms with E-state index in [1.807, 2.05) is 69.3 Å². The van der Waals surface area contributed by atoms with E-state index in [4.69, 9.17) is 0 Å². The maximum atomic E-state index is 13.6. The second-order valence-corrected chi connectivity index (χ2v) is 9.91. The minimum absolute atomic E-state index is 0.107. The number of halogens is 1. The Morgan fingerprint density at radius 3 is 2.21 bits per heavy atom. The number of urea groups is 1. The van der Waals surface area contributed by atoms with Gasteiger partial charge in [-0.05, 0) is 80.9 Å². The first-order valence-electron chi connectivity index (χ1n) is 13.0. The van der Waals surface area contributed by atoms with Crippen molar-refractivity contribution >= 4 is 34.9 Å². The van der Waals surface area contributed by atoms with Gasteiger partial charge in [-0.1, -0.05) is 18.2 Å². The van der Waals surface area contributed by atoms with Crippen molar-refractivity contribution in [3.8, 4) is 0 Å². The molecule has 0 bridgehead atoms. The first kappa shape index (κ1) is 27.6. The molecule has 1 aliphatic rings. The first-order valence-corrected chi connectivity index (χ1v) is 13.0. The molecule has 0 saturated carbocycles. The molecule has 1 heterocycles. The summed E-state index contributed by atoms with van der Waals surface area (Å²) in [6.07, 6.45) is 0. The number of piperazine rings is 1. The predicted molar refractivity (Wildman–Crippen MR) is 152 cm³/mol. The highest BCUT2D eigenvalue weighted by atomic mass is 19.1. The Labute approximate surface area is 228 Å². The lowest BCUT2D eigenvalue weighted by Crippen LogP contribution is -2.50. The molecule has 3 aromatic rings. The zero-order chi connectivity index (χ0) is 27.9. The molecule has 0 atom stereocenters. The standard InChI is InChI=1S/C30H34FN5O3/c1-21(2)36(29(38)23-7-5-8-24(31)19-23)20-28(37)32-25-10-12-27(13-11-25)34-14-16-35(17-15-34)30(39)33-26-9-4-6-22(3)18-26/h4-13,18-19,21H,14-17,20H2,1-3H3,(H,32,37)(H,33,39). The Balaban J connectivity index is 1.28. The molecule has 0 radical (unpaired) electrons. The number of aryl methyl sites for hydroxylation is 1. The van der Waals surface area contributed by atoms with Gasteiger partial charge in [0.2, 0.25) is 5.91 Å². The van der Waals surface area contributed by atoms with Crippen LogP contribution in [0.4, 0.5) is 26.2 Å². The number of hydrogen-bond donors (Lipinski definition) is 2. The average molecular weight is 532 g/mol. The fourth-order valence-corrected chi connectivity index (χ4v) is 4.48. The molecule has 1 saturated heterocycles. The predicted octanol–water partition coefficient (Wildman–Crippen LogP) is 4.98. The van der Waals surface area contributed by atoms with Crippen LogP contribution in [0.2, 0.25) is 0 Å². The van der Waals surface area contributed by atoms with Gasteiger partial charge in [-0.25, -0.2) is 9.18 Å². The van der Waals surface area contributed by atoms with E-state index in [0.29, 0.717) is 31.9 Å². The average Bonchev–Trinajstić information content (AvgIpc) is 2.92. The molecule has 39 heavy (non-hydrogen) atoms. The highest BCUT2D eigenvalue weighted by molar-refractivity contribution is 5.99. The number of nitrogens with one attached hydrogen (secondary N) is 2. The van der Waals surface area contributed by atoms with Crippen molar-refractivity contribution in [2.75, 3.05) is 48.3 Å². The highest BCUT2D eigenvalue weighted by Crippen LogP contribution is 2.20. The van der Waals surface area contributed by atoms with Crippen LogP contribution in [-0.2, 0) is 4.79 Å². The van der Waals surface area contributed by atoms with Crippen molar-refractivity contribution in [1.82, 2.24) is 9.80 Å². The molecule has 2 N–H and O–H groups in total. The van der Waals surface area contributed by atoms with E-state index in [1.54, 1.807) is 4.90 Å². The molecule has 204 valence electrons. The monoisotopic (exact) mass is 531 g/mol. The second-order valence-electron chi connectivity index (χ2n) is 9.91. The van der Waals surface area contributed by atoms with E-state index < -0.39 is 11.7 Å². The molecule has 0 aliphatic carbocycles. The van der Waals surface area contributed by atoms with Gasteiger partial charge >= 0.3 is 6.03 Å². The summed E-state index contributed by atoms with van der Waals surface area (Å²) in [6, 6.07) is 20.3. The first-order chi connectivity index (χ1) is 18.7. The molecule has 4 rings (SSSR count). The Morgan fingerprint density at radius 1 is 0.872 bits per heavy atom. The highest BCUT2D eigenvalue weighted by Gasteiger charge is 2.23. The molecule has 3 aromatic carbocycles. The van der Waals surface area contributed by atoms with Crippen molar-refractivity contribution in [3.63, 3.8) is 0 Å². The number of nitrogens with zero attached hydrogens (tertiary/aromatic N) is 3. The van der Waals surface area contributed by atoms with Gasteiger partial charge in [0.05, 0.1) is 0 Å². The lowest BCUT2D eigenvalue weighted by atomic mass is 10.1. The van der Waals surface area contributed by atoms with Crippen LogP contribution in [-0.4, -0.2) is 66.4 Å². The summed E-state index contributed by atoms with van der Waals surface area (Å²) in [6.45, 7) is 8.04. The van der Waals surface area contributed by atoms with E-state index in [2.05, 4.69) is 15.5 Å². The van der Waals surface area contributed by atoms with Gasteiger partial charge in [-0.2, -0.15) is 0 Å². The molecule has 8 nitrogen and oxygen atoms in total. The second kappa shape index (κ2) is 12.4. The maximum Gasteiger partial charge on any atom is 0.321 e. The van der Waals surface area contributed by atoms with E-state index in [9.17, 15) is 18.8 Å². The van der Waals surface area contributed by atoms with Crippen molar-refractivity contribution in [2.24, 2.45) is 0 Å². The van der Waals surface area contributed by atoms with Crippen LogP contribution in [0, 0.1) is 12.7 Å². The number of anilines is 3. The quantitative estimate of drug-likeness (QED) is 0.451. The SMILES string of the molecule is Cc1cccc(NC(=O)N2CCN(c3ccc(NC(=O)CN(C(=O)c4cccc(F)c4)C(C)C)cc3)CC2)c1. The summed E-state index contributed by atoms with van der Waals surface area (Å²) >= 11 is 0. The van der Waals surface area contributed by atoms with Crippen molar-refractivity contribution in [1.29, 1.82) is 0 Å². The Morgan fingerprint density at radius 2 is 1.56 bits per heavy atom. The minimum atomic E-state index is -0.499. The number of carbonyl (C=O) groups excluding carboxylic acids is 3. The van der Waals surface area contributed by atoms with Gasteiger partial charge < -0.3 is 25.3 Å². The van der Waals surface area contributed by atoms with Crippen molar-refractivity contribution in [3.05, 3.63) is 89.7 Å². The molecule has 0 spiro atoms. The van der Waals surface area contributed by atoms with Crippen LogP contribution >= 0.6 is 0 Å². The van der Waals surface area contributed by atoms with Crippen LogP contribution in [0.5, 0.6) is 0 Å². The zero-order valence-electron chi connectivity index (χ0n) is 22.5. The van der Waals surface area contributed by atoms with Crippen LogP contribution in [0.1, 0.15) is 29.8 Å². The van der Waals surface area contributed by atoms with Gasteiger partial charge in [0.1, 0.15) is 12.4 Å². The molecular formula is C30H34FN5O3. The number of carbonyl (C=O) groups is 3. The summed E-state index contributed by atoms with van der Waals surface area (Å²) in [5.74, 6) is -1.24. The summed E-state index contributed by atoms with van der Waals surface area (Å²) in [5.41, 5.74) is 3.69. The summed E-state index contributed by atoms with van der Waals surface area (Å²) < 4.78 is 13.6. The molecule has 0 aromatic heterocycles. The summed E-state index contributed by atoms with van der Waals surface area (Å²) in [7, 11) is 0. The molecule has 4 amide bonds. The van der Waals surface area contributed by atoms with E-state index >= 15 is 0 Å². The third-order valence-electron chi connectivity index (χ3n) is 6.62. The fourth-order valence-electron chi connectivity index (χ4n) is 4.48. The molecule has 0 unspecified atom stereocenters. The lowest BCUT2D eigenvalue weighted by Gasteiger charge is -2.36. The lowest BCUT2D eigenvalue weighted by molar-refractivity contribution is -0.117. The van der Waals surface area contributed by atoms with Gasteiger partial charge in [-0.15, -0.1) is 0 Å². The number of amides is 4. The molecular weight excluding hydrogens is 497 g/mol. The van der Waals surface area contributed by atoms with Crippen LogP contribution in [0.25, 0.3) is 0 Å². The van der Waals surface area contributed by atoms with Gasteiger partial charge in [0.15, 0.2) is 0 Å². The Hall–Kier alpha value is -4.40. The molecule has 1 fully saturated rings. The van der Waals surface area contributed by atoms with Crippen LogP contribution < -0.4 is 15.5 Å². The minimum Gasteiger partial charge on any atom is -0.368 e. The van der Waals surface area contributed by atoms with Crippen molar-refractivity contribution < 1.29 is 18.8 Å². The van der Waals surface area contributed by atoms with Crippen LogP contribution in [0.3, 0.4) is 0 Å². The zero-order valence-corrected chi connectivity index (χ0v) is 22.5. The van der Waals surface area contributed by atoms with Gasteiger partial charge in [0, 0.05) is 54.8 Å². The van der Waals surface area contributed by atoms with E-state index in [-0.39, 0.29) is 30.1 Å². The van der Waals surface area contributed by atoms with Crippen LogP contribution in [0.15, 0.2) is 72.8 Å². The fraction of sp³-hybridized carbons (Fsp3) is 0.300. The Kier molecular flexibility index (Phi) is 8.81. The largest absolute Gasteiger partial charge is 0.368 e. The normalized spacial score (nSPS) is 13.3. The van der Waals surface area contributed by atoms with Gasteiger partial charge in [0.25, 0.3) is 5.91 Å². The number of benzene rings is 3. The smallest absolute Gasteiger partial charge is 0.321 e. The third kappa shape index (κ3) is 7.34. The number of rotatable bonds is 7. The van der Waals surface area contributed by atoms with E-state index in [0.717, 1.165) is 16.9 Å². The maximum absolute atomic E-state index is 13.6. The van der Waals surface area contributed by atoms with Crippen molar-refractivity contribution in [2.45, 2.75) is 26.8 Å². The molecule has 1 aliphatic heterocycles.